The summed E-state index contributed by atoms with van der Waals surface area (Å²) in [5.41, 5.74) is 6.45. The molecular weight excluding hydrogens is 430 g/mol. The van der Waals surface area contributed by atoms with Gasteiger partial charge < -0.3 is 10.1 Å². The molecule has 172 valence electrons. The van der Waals surface area contributed by atoms with Gasteiger partial charge in [0.05, 0.1) is 18.9 Å². The van der Waals surface area contributed by atoms with Crippen LogP contribution in [0.5, 0.6) is 0 Å². The number of benzene rings is 1. The third-order valence-electron chi connectivity index (χ3n) is 6.66. The number of rotatable bonds is 5. The summed E-state index contributed by atoms with van der Waals surface area (Å²) < 4.78 is 34.8. The number of aryl methyl sites for hydroxylation is 3. The molecule has 0 saturated carbocycles. The van der Waals surface area contributed by atoms with Gasteiger partial charge in [-0.1, -0.05) is 6.07 Å². The molecule has 2 amide bonds. The Morgan fingerprint density at radius 2 is 1.72 bits per heavy atom. The van der Waals surface area contributed by atoms with E-state index in [0.29, 0.717) is 19.8 Å². The highest BCUT2D eigenvalue weighted by atomic mass is 32.2. The molecule has 1 aliphatic heterocycles. The average Bonchev–Trinajstić information content (AvgIpc) is 3.49. The molecule has 0 radical (unpaired) electrons. The molecule has 0 unspecified atom stereocenters. The summed E-state index contributed by atoms with van der Waals surface area (Å²) in [6.07, 6.45) is 5.97. The van der Waals surface area contributed by atoms with E-state index in [9.17, 15) is 13.2 Å². The van der Waals surface area contributed by atoms with Gasteiger partial charge in [0, 0.05) is 38.4 Å². The van der Waals surface area contributed by atoms with E-state index in [0.717, 1.165) is 74.1 Å². The number of urea groups is 1. The highest BCUT2D eigenvalue weighted by Gasteiger charge is 2.27. The van der Waals surface area contributed by atoms with Crippen LogP contribution >= 0.6 is 0 Å². The fourth-order valence-corrected chi connectivity index (χ4v) is 5.95. The summed E-state index contributed by atoms with van der Waals surface area (Å²) in [5.74, 6) is 0. The standard InChI is InChI=1S/C22H29N5O4S/c1-26-17(14-27-8-10-31-11-9-27)13-20(24-26)32(29,30)25-22(28)23-21-18-6-2-4-15(18)12-16-5-3-7-19(16)21/h12-13H,2-11,14H2,1H3,(H2,23,25,28). The lowest BCUT2D eigenvalue weighted by Crippen LogP contribution is -2.36. The van der Waals surface area contributed by atoms with Crippen molar-refractivity contribution in [2.24, 2.45) is 7.05 Å². The number of fused-ring (bicyclic) bond motifs is 2. The Hall–Kier alpha value is -2.43. The lowest BCUT2D eigenvalue weighted by atomic mass is 9.99. The van der Waals surface area contributed by atoms with Crippen LogP contribution in [0.3, 0.4) is 0 Å². The second-order valence-electron chi connectivity index (χ2n) is 8.78. The summed E-state index contributed by atoms with van der Waals surface area (Å²) in [7, 11) is -2.37. The van der Waals surface area contributed by atoms with Gasteiger partial charge in [0.15, 0.2) is 5.03 Å². The number of carbonyl (C=O) groups is 1. The van der Waals surface area contributed by atoms with E-state index < -0.39 is 16.1 Å². The molecule has 1 fully saturated rings. The minimum Gasteiger partial charge on any atom is -0.379 e. The van der Waals surface area contributed by atoms with E-state index in [-0.39, 0.29) is 5.03 Å². The van der Waals surface area contributed by atoms with Gasteiger partial charge in [-0.3, -0.25) is 9.58 Å². The molecule has 0 atom stereocenters. The van der Waals surface area contributed by atoms with Crippen LogP contribution in [0.1, 0.15) is 40.8 Å². The van der Waals surface area contributed by atoms with E-state index in [1.165, 1.54) is 17.2 Å². The Balaban J connectivity index is 1.32. The molecule has 5 rings (SSSR count). The SMILES string of the molecule is Cn1nc(S(=O)(=O)NC(=O)Nc2c3c(cc4c2CCC4)CCC3)cc1CN1CCOCC1. The number of morpholine rings is 1. The molecule has 1 aromatic heterocycles. The summed E-state index contributed by atoms with van der Waals surface area (Å²) in [5, 5.41) is 6.87. The van der Waals surface area contributed by atoms with Crippen LogP contribution in [0.2, 0.25) is 0 Å². The van der Waals surface area contributed by atoms with Gasteiger partial charge in [-0.2, -0.15) is 13.5 Å². The number of amides is 2. The number of ether oxygens (including phenoxy) is 1. The number of aromatic nitrogens is 2. The maximum Gasteiger partial charge on any atom is 0.333 e. The van der Waals surface area contributed by atoms with Crippen LogP contribution < -0.4 is 10.0 Å². The Morgan fingerprint density at radius 3 is 2.38 bits per heavy atom. The van der Waals surface area contributed by atoms with Crippen molar-refractivity contribution < 1.29 is 17.9 Å². The molecule has 1 aromatic carbocycles. The molecule has 3 aliphatic rings. The van der Waals surface area contributed by atoms with Crippen molar-refractivity contribution in [2.75, 3.05) is 31.6 Å². The van der Waals surface area contributed by atoms with E-state index >= 15 is 0 Å². The van der Waals surface area contributed by atoms with E-state index in [1.807, 2.05) is 0 Å². The predicted molar refractivity (Wildman–Crippen MR) is 119 cm³/mol. The predicted octanol–water partition coefficient (Wildman–Crippen LogP) is 1.74. The van der Waals surface area contributed by atoms with Crippen molar-refractivity contribution in [3.63, 3.8) is 0 Å². The number of hydrogen-bond acceptors (Lipinski definition) is 6. The zero-order valence-corrected chi connectivity index (χ0v) is 19.1. The van der Waals surface area contributed by atoms with Gasteiger partial charge in [0.1, 0.15) is 0 Å². The topological polar surface area (TPSA) is 106 Å². The number of nitrogens with one attached hydrogen (secondary N) is 2. The summed E-state index contributed by atoms with van der Waals surface area (Å²) in [6, 6.07) is 3.07. The maximum absolute atomic E-state index is 12.9. The van der Waals surface area contributed by atoms with Crippen molar-refractivity contribution in [3.05, 3.63) is 40.1 Å². The van der Waals surface area contributed by atoms with Gasteiger partial charge >= 0.3 is 6.03 Å². The van der Waals surface area contributed by atoms with Gasteiger partial charge in [0.2, 0.25) is 0 Å². The molecule has 0 spiro atoms. The smallest absolute Gasteiger partial charge is 0.333 e. The Labute approximate surface area is 188 Å². The zero-order chi connectivity index (χ0) is 22.3. The molecule has 0 bridgehead atoms. The molecule has 2 N–H and O–H groups in total. The van der Waals surface area contributed by atoms with E-state index in [1.54, 1.807) is 11.7 Å². The van der Waals surface area contributed by atoms with Crippen molar-refractivity contribution in [1.29, 1.82) is 0 Å². The van der Waals surface area contributed by atoms with Crippen molar-refractivity contribution in [2.45, 2.75) is 50.1 Å². The second-order valence-corrected chi connectivity index (χ2v) is 10.4. The highest BCUT2D eigenvalue weighted by molar-refractivity contribution is 7.90. The minimum atomic E-state index is -4.09. The molecule has 2 aromatic rings. The first-order chi connectivity index (χ1) is 15.4. The Kier molecular flexibility index (Phi) is 5.68. The van der Waals surface area contributed by atoms with Crippen LogP contribution in [0.15, 0.2) is 17.2 Å². The number of sulfonamides is 1. The monoisotopic (exact) mass is 459 g/mol. The van der Waals surface area contributed by atoms with Crippen molar-refractivity contribution in [3.8, 4) is 0 Å². The largest absolute Gasteiger partial charge is 0.379 e. The third kappa shape index (κ3) is 4.14. The van der Waals surface area contributed by atoms with Crippen LogP contribution in [0, 0.1) is 0 Å². The minimum absolute atomic E-state index is 0.151. The second kappa shape index (κ2) is 8.49. The van der Waals surface area contributed by atoms with E-state index in [2.05, 4.69) is 26.1 Å². The Bertz CT molecular complexity index is 1120. The highest BCUT2D eigenvalue weighted by Crippen LogP contribution is 2.38. The van der Waals surface area contributed by atoms with Gasteiger partial charge in [0.25, 0.3) is 10.0 Å². The molecular formula is C22H29N5O4S. The quantitative estimate of drug-likeness (QED) is 0.706. The zero-order valence-electron chi connectivity index (χ0n) is 18.3. The first kappa shape index (κ1) is 21.4. The van der Waals surface area contributed by atoms with Gasteiger partial charge in [-0.25, -0.2) is 9.52 Å². The third-order valence-corrected chi connectivity index (χ3v) is 7.86. The molecule has 10 heteroatoms. The first-order valence-corrected chi connectivity index (χ1v) is 12.7. The van der Waals surface area contributed by atoms with E-state index in [4.69, 9.17) is 4.74 Å². The fourth-order valence-electron chi connectivity index (χ4n) is 5.03. The molecule has 2 aliphatic carbocycles. The molecule has 2 heterocycles. The summed E-state index contributed by atoms with van der Waals surface area (Å²) >= 11 is 0. The molecule has 1 saturated heterocycles. The van der Waals surface area contributed by atoms with Gasteiger partial charge in [-0.15, -0.1) is 0 Å². The number of nitrogens with zero attached hydrogens (tertiary/aromatic N) is 3. The lowest BCUT2D eigenvalue weighted by Gasteiger charge is -2.26. The summed E-state index contributed by atoms with van der Waals surface area (Å²) in [6.45, 7) is 3.49. The van der Waals surface area contributed by atoms with Crippen LogP contribution in [-0.4, -0.2) is 55.4 Å². The number of carbonyl (C=O) groups excluding carboxylic acids is 1. The summed E-state index contributed by atoms with van der Waals surface area (Å²) in [4.78, 5) is 14.9. The number of hydrogen-bond donors (Lipinski definition) is 2. The van der Waals surface area contributed by atoms with Crippen LogP contribution in [0.25, 0.3) is 0 Å². The van der Waals surface area contributed by atoms with Gasteiger partial charge in [-0.05, 0) is 60.8 Å². The first-order valence-electron chi connectivity index (χ1n) is 11.2. The number of anilines is 1. The lowest BCUT2D eigenvalue weighted by molar-refractivity contribution is 0.0331. The van der Waals surface area contributed by atoms with Crippen LogP contribution in [-0.2, 0) is 54.0 Å². The van der Waals surface area contributed by atoms with Crippen molar-refractivity contribution >= 4 is 21.7 Å². The van der Waals surface area contributed by atoms with Crippen molar-refractivity contribution in [1.82, 2.24) is 19.4 Å². The Morgan fingerprint density at radius 1 is 1.06 bits per heavy atom. The molecule has 9 nitrogen and oxygen atoms in total. The maximum atomic E-state index is 12.9. The molecule has 32 heavy (non-hydrogen) atoms. The van der Waals surface area contributed by atoms with Crippen LogP contribution in [0.4, 0.5) is 10.5 Å². The average molecular weight is 460 g/mol. The fraction of sp³-hybridized carbons (Fsp3) is 0.545. The normalized spacial score (nSPS) is 18.4.